The minimum absolute atomic E-state index is 0.116. The summed E-state index contributed by atoms with van der Waals surface area (Å²) in [5.41, 5.74) is 0.542. The first-order valence-electron chi connectivity index (χ1n) is 10.5. The molecule has 0 aliphatic rings. The second-order valence-electron chi connectivity index (χ2n) is 8.28. The summed E-state index contributed by atoms with van der Waals surface area (Å²) in [6.45, 7) is 5.10. The summed E-state index contributed by atoms with van der Waals surface area (Å²) in [6.07, 6.45) is 0.942. The summed E-state index contributed by atoms with van der Waals surface area (Å²) >= 11 is 12.6. The highest BCUT2D eigenvalue weighted by molar-refractivity contribution is 7.92. The van der Waals surface area contributed by atoms with Crippen molar-refractivity contribution in [3.05, 3.63) is 63.9 Å². The topological polar surface area (TPSA) is 86.8 Å². The summed E-state index contributed by atoms with van der Waals surface area (Å²) in [5.74, 6) is -1.41. The Morgan fingerprint density at radius 2 is 1.59 bits per heavy atom. The lowest BCUT2D eigenvalue weighted by molar-refractivity contribution is -0.139. The van der Waals surface area contributed by atoms with Gasteiger partial charge in [0.05, 0.1) is 11.9 Å². The van der Waals surface area contributed by atoms with Gasteiger partial charge in [0.25, 0.3) is 0 Å². The molecule has 7 nitrogen and oxygen atoms in total. The number of nitrogens with one attached hydrogen (secondary N) is 1. The van der Waals surface area contributed by atoms with E-state index in [4.69, 9.17) is 23.2 Å². The van der Waals surface area contributed by atoms with Gasteiger partial charge < -0.3 is 10.2 Å². The van der Waals surface area contributed by atoms with Crippen LogP contribution in [0.4, 0.5) is 10.1 Å². The lowest BCUT2D eigenvalue weighted by Crippen LogP contribution is -2.51. The van der Waals surface area contributed by atoms with Crippen molar-refractivity contribution in [3.63, 3.8) is 0 Å². The maximum atomic E-state index is 13.4. The van der Waals surface area contributed by atoms with Crippen molar-refractivity contribution in [2.75, 3.05) is 23.7 Å². The molecule has 2 aromatic rings. The minimum atomic E-state index is -3.91. The van der Waals surface area contributed by atoms with Gasteiger partial charge in [-0.1, -0.05) is 43.1 Å². The molecule has 186 valence electrons. The van der Waals surface area contributed by atoms with Gasteiger partial charge in [0, 0.05) is 28.7 Å². The van der Waals surface area contributed by atoms with E-state index in [1.165, 1.54) is 17.0 Å². The van der Waals surface area contributed by atoms with Gasteiger partial charge in [-0.3, -0.25) is 13.9 Å². The van der Waals surface area contributed by atoms with E-state index in [1.54, 1.807) is 25.1 Å². The molecule has 2 rings (SSSR count). The number of amides is 2. The first-order chi connectivity index (χ1) is 15.8. The smallest absolute Gasteiger partial charge is 0.244 e. The third kappa shape index (κ3) is 7.58. The zero-order valence-electron chi connectivity index (χ0n) is 19.4. The molecule has 1 atom stereocenters. The third-order valence-electron chi connectivity index (χ3n) is 5.04. The fourth-order valence-electron chi connectivity index (χ4n) is 3.11. The number of nitrogens with zero attached hydrogens (tertiary/aromatic N) is 2. The molecule has 1 N–H and O–H groups in total. The van der Waals surface area contributed by atoms with Gasteiger partial charge in [-0.05, 0) is 49.2 Å². The monoisotopic (exact) mass is 531 g/mol. The third-order valence-corrected chi connectivity index (χ3v) is 6.88. The summed E-state index contributed by atoms with van der Waals surface area (Å²) in [6, 6.07) is 8.64. The molecule has 11 heteroatoms. The number of benzene rings is 2. The molecule has 0 spiro atoms. The Hall–Kier alpha value is -2.36. The molecule has 0 heterocycles. The second kappa shape index (κ2) is 11.9. The molecular weight excluding hydrogens is 504 g/mol. The van der Waals surface area contributed by atoms with Crippen molar-refractivity contribution in [2.45, 2.75) is 33.4 Å². The number of sulfonamides is 1. The molecule has 34 heavy (non-hydrogen) atoms. The Bertz CT molecular complexity index is 1110. The van der Waals surface area contributed by atoms with Gasteiger partial charge in [0.2, 0.25) is 21.8 Å². The largest absolute Gasteiger partial charge is 0.354 e. The molecule has 0 aliphatic carbocycles. The molecule has 0 radical (unpaired) electrons. The first-order valence-corrected chi connectivity index (χ1v) is 13.1. The van der Waals surface area contributed by atoms with Gasteiger partial charge in [-0.25, -0.2) is 12.8 Å². The molecule has 0 fully saturated rings. The number of hydrogen-bond acceptors (Lipinski definition) is 4. The van der Waals surface area contributed by atoms with Crippen LogP contribution in [0.1, 0.15) is 26.3 Å². The molecule has 0 unspecified atom stereocenters. The molecule has 0 saturated carbocycles. The summed E-state index contributed by atoms with van der Waals surface area (Å²) in [4.78, 5) is 27.5. The van der Waals surface area contributed by atoms with Crippen LogP contribution in [0, 0.1) is 11.7 Å². The molecule has 0 aliphatic heterocycles. The van der Waals surface area contributed by atoms with Crippen LogP contribution in [0.25, 0.3) is 0 Å². The van der Waals surface area contributed by atoms with Crippen molar-refractivity contribution < 1.29 is 22.4 Å². The van der Waals surface area contributed by atoms with E-state index in [2.05, 4.69) is 5.32 Å². The minimum Gasteiger partial charge on any atom is -0.354 e. The SMILES string of the molecule is CC(C)CNC(=O)[C@H](C)N(Cc1c(Cl)cccc1Cl)C(=O)CN(c1ccc(F)cc1)S(C)(=O)=O. The van der Waals surface area contributed by atoms with Crippen molar-refractivity contribution in [3.8, 4) is 0 Å². The van der Waals surface area contributed by atoms with E-state index in [-0.39, 0.29) is 18.2 Å². The standard InChI is InChI=1S/C23H28Cl2FN3O4S/c1-15(2)12-27-23(31)16(3)28(13-19-20(24)6-5-7-21(19)25)22(30)14-29(34(4,32)33)18-10-8-17(26)9-11-18/h5-11,15-16H,12-14H2,1-4H3,(H,27,31)/t16-/m0/s1. The van der Waals surface area contributed by atoms with Crippen LogP contribution in [-0.2, 0) is 26.2 Å². The van der Waals surface area contributed by atoms with E-state index >= 15 is 0 Å². The molecule has 2 amide bonds. The van der Waals surface area contributed by atoms with Gasteiger partial charge in [-0.15, -0.1) is 0 Å². The summed E-state index contributed by atoms with van der Waals surface area (Å²) < 4.78 is 39.1. The van der Waals surface area contributed by atoms with E-state index in [0.717, 1.165) is 22.7 Å². The normalized spacial score (nSPS) is 12.4. The Labute approximate surface area is 209 Å². The molecule has 0 aromatic heterocycles. The Kier molecular flexibility index (Phi) is 9.73. The Balaban J connectivity index is 2.41. The zero-order valence-corrected chi connectivity index (χ0v) is 21.7. The summed E-state index contributed by atoms with van der Waals surface area (Å²) in [5, 5.41) is 3.39. The van der Waals surface area contributed by atoms with Crippen LogP contribution in [0.2, 0.25) is 10.0 Å². The van der Waals surface area contributed by atoms with E-state index < -0.39 is 40.2 Å². The summed E-state index contributed by atoms with van der Waals surface area (Å²) in [7, 11) is -3.91. The van der Waals surface area contributed by atoms with E-state index in [9.17, 15) is 22.4 Å². The molecule has 0 bridgehead atoms. The van der Waals surface area contributed by atoms with Crippen LogP contribution in [-0.4, -0.2) is 50.5 Å². The highest BCUT2D eigenvalue weighted by Gasteiger charge is 2.31. The molecule has 2 aromatic carbocycles. The zero-order chi connectivity index (χ0) is 25.6. The number of carbonyl (C=O) groups excluding carboxylic acids is 2. The van der Waals surface area contributed by atoms with Gasteiger partial charge in [0.1, 0.15) is 18.4 Å². The fraction of sp³-hybridized carbons (Fsp3) is 0.391. The number of hydrogen-bond donors (Lipinski definition) is 1. The lowest BCUT2D eigenvalue weighted by atomic mass is 10.1. The van der Waals surface area contributed by atoms with Crippen molar-refractivity contribution in [1.29, 1.82) is 0 Å². The predicted octanol–water partition coefficient (Wildman–Crippen LogP) is 4.09. The highest BCUT2D eigenvalue weighted by Crippen LogP contribution is 2.27. The number of carbonyl (C=O) groups is 2. The van der Waals surface area contributed by atoms with Gasteiger partial charge in [0.15, 0.2) is 0 Å². The predicted molar refractivity (Wildman–Crippen MR) is 133 cm³/mol. The molecule has 0 saturated heterocycles. The van der Waals surface area contributed by atoms with Crippen LogP contribution < -0.4 is 9.62 Å². The van der Waals surface area contributed by atoms with Crippen LogP contribution in [0.3, 0.4) is 0 Å². The fourth-order valence-corrected chi connectivity index (χ4v) is 4.48. The van der Waals surface area contributed by atoms with Gasteiger partial charge >= 0.3 is 0 Å². The number of anilines is 1. The number of rotatable bonds is 10. The Morgan fingerprint density at radius 3 is 2.09 bits per heavy atom. The quantitative estimate of drug-likeness (QED) is 0.500. The van der Waals surface area contributed by atoms with Crippen LogP contribution in [0.15, 0.2) is 42.5 Å². The van der Waals surface area contributed by atoms with Crippen LogP contribution in [0.5, 0.6) is 0 Å². The Morgan fingerprint density at radius 1 is 1.03 bits per heavy atom. The lowest BCUT2D eigenvalue weighted by Gasteiger charge is -2.32. The second-order valence-corrected chi connectivity index (χ2v) is 11.0. The molecular formula is C23H28Cl2FN3O4S. The van der Waals surface area contributed by atoms with Crippen molar-refractivity contribution in [1.82, 2.24) is 10.2 Å². The number of halogens is 3. The van der Waals surface area contributed by atoms with E-state index in [1.807, 2.05) is 13.8 Å². The average Bonchev–Trinajstić information content (AvgIpc) is 2.75. The van der Waals surface area contributed by atoms with Gasteiger partial charge in [-0.2, -0.15) is 0 Å². The van der Waals surface area contributed by atoms with Crippen molar-refractivity contribution >= 4 is 50.7 Å². The van der Waals surface area contributed by atoms with E-state index in [0.29, 0.717) is 22.2 Å². The first kappa shape index (κ1) is 27.9. The highest BCUT2D eigenvalue weighted by atomic mass is 35.5. The van der Waals surface area contributed by atoms with Crippen molar-refractivity contribution in [2.24, 2.45) is 5.92 Å². The van der Waals surface area contributed by atoms with Crippen LogP contribution >= 0.6 is 23.2 Å². The maximum absolute atomic E-state index is 13.4. The average molecular weight is 532 g/mol. The maximum Gasteiger partial charge on any atom is 0.244 e.